The van der Waals surface area contributed by atoms with Crippen LogP contribution >= 0.6 is 0 Å². The van der Waals surface area contributed by atoms with Crippen LogP contribution in [-0.4, -0.2) is 36.4 Å². The molecule has 124 valence electrons. The van der Waals surface area contributed by atoms with Gasteiger partial charge in [-0.15, -0.1) is 0 Å². The summed E-state index contributed by atoms with van der Waals surface area (Å²) in [6.45, 7) is -0.138. The standard InChI is InChI=1S/C18H16O6/c1-23-15-4-2-3-13(10-15)17(20)11-24-14-7-5-12(6-8-14)9-16(19)18(21)22/h2-8,10H,9,11H2,1H3,(H,21,22). The Balaban J connectivity index is 1.93. The summed E-state index contributed by atoms with van der Waals surface area (Å²) < 4.78 is 10.5. The number of carbonyl (C=O) groups excluding carboxylic acids is 2. The van der Waals surface area contributed by atoms with Crippen molar-refractivity contribution < 1.29 is 29.0 Å². The highest BCUT2D eigenvalue weighted by molar-refractivity contribution is 6.33. The average Bonchev–Trinajstić information content (AvgIpc) is 2.60. The molecule has 0 fully saturated rings. The molecule has 2 rings (SSSR count). The van der Waals surface area contributed by atoms with Crippen molar-refractivity contribution in [2.24, 2.45) is 0 Å². The fourth-order valence-corrected chi connectivity index (χ4v) is 1.99. The summed E-state index contributed by atoms with van der Waals surface area (Å²) in [5.74, 6) is -1.49. The molecule has 0 saturated heterocycles. The van der Waals surface area contributed by atoms with Gasteiger partial charge in [0.25, 0.3) is 0 Å². The highest BCUT2D eigenvalue weighted by Gasteiger charge is 2.12. The van der Waals surface area contributed by atoms with Gasteiger partial charge in [0.15, 0.2) is 12.4 Å². The molecule has 2 aromatic rings. The first-order valence-corrected chi connectivity index (χ1v) is 7.14. The van der Waals surface area contributed by atoms with E-state index >= 15 is 0 Å². The molecule has 0 saturated carbocycles. The minimum Gasteiger partial charge on any atom is -0.497 e. The Morgan fingerprint density at radius 3 is 2.33 bits per heavy atom. The van der Waals surface area contributed by atoms with Gasteiger partial charge in [0, 0.05) is 12.0 Å². The third-order valence-corrected chi connectivity index (χ3v) is 3.29. The molecule has 0 amide bonds. The molecular formula is C18H16O6. The third kappa shape index (κ3) is 4.67. The van der Waals surface area contributed by atoms with Crippen LogP contribution in [0.25, 0.3) is 0 Å². The predicted octanol–water partition coefficient (Wildman–Crippen LogP) is 2.15. The van der Waals surface area contributed by atoms with E-state index < -0.39 is 11.8 Å². The lowest BCUT2D eigenvalue weighted by Gasteiger charge is -2.07. The molecule has 0 aromatic heterocycles. The lowest BCUT2D eigenvalue weighted by molar-refractivity contribution is -0.148. The summed E-state index contributed by atoms with van der Waals surface area (Å²) in [6.07, 6.45) is -0.182. The molecule has 0 bridgehead atoms. The number of benzene rings is 2. The Labute approximate surface area is 138 Å². The monoisotopic (exact) mass is 328 g/mol. The molecule has 6 nitrogen and oxygen atoms in total. The largest absolute Gasteiger partial charge is 0.497 e. The van der Waals surface area contributed by atoms with E-state index in [-0.39, 0.29) is 18.8 Å². The highest BCUT2D eigenvalue weighted by Crippen LogP contribution is 2.15. The van der Waals surface area contributed by atoms with E-state index in [0.29, 0.717) is 22.6 Å². The lowest BCUT2D eigenvalue weighted by Crippen LogP contribution is -2.15. The molecular weight excluding hydrogens is 312 g/mol. The predicted molar refractivity (Wildman–Crippen MR) is 85.6 cm³/mol. The van der Waals surface area contributed by atoms with Crippen molar-refractivity contribution in [3.8, 4) is 11.5 Å². The zero-order chi connectivity index (χ0) is 17.5. The van der Waals surface area contributed by atoms with Crippen LogP contribution in [0.5, 0.6) is 11.5 Å². The van der Waals surface area contributed by atoms with E-state index in [9.17, 15) is 14.4 Å². The molecule has 24 heavy (non-hydrogen) atoms. The molecule has 0 heterocycles. The Morgan fingerprint density at radius 1 is 1.00 bits per heavy atom. The zero-order valence-corrected chi connectivity index (χ0v) is 13.0. The first-order chi connectivity index (χ1) is 11.5. The minimum atomic E-state index is -1.46. The highest BCUT2D eigenvalue weighted by atomic mass is 16.5. The van der Waals surface area contributed by atoms with Crippen LogP contribution in [0.15, 0.2) is 48.5 Å². The van der Waals surface area contributed by atoms with Crippen LogP contribution in [0.2, 0.25) is 0 Å². The average molecular weight is 328 g/mol. The van der Waals surface area contributed by atoms with Gasteiger partial charge in [-0.2, -0.15) is 0 Å². The van der Waals surface area contributed by atoms with Crippen LogP contribution in [0, 0.1) is 0 Å². The molecule has 1 N–H and O–H groups in total. The SMILES string of the molecule is COc1cccc(C(=O)COc2ccc(CC(=O)C(=O)O)cc2)c1. The number of carboxylic acid groups (broad SMARTS) is 1. The van der Waals surface area contributed by atoms with Crippen LogP contribution in [0.1, 0.15) is 15.9 Å². The number of hydrogen-bond acceptors (Lipinski definition) is 5. The van der Waals surface area contributed by atoms with Crippen molar-refractivity contribution in [2.45, 2.75) is 6.42 Å². The Kier molecular flexibility index (Phi) is 5.68. The van der Waals surface area contributed by atoms with Crippen molar-refractivity contribution >= 4 is 17.5 Å². The summed E-state index contributed by atoms with van der Waals surface area (Å²) >= 11 is 0. The van der Waals surface area contributed by atoms with E-state index in [2.05, 4.69) is 0 Å². The van der Waals surface area contributed by atoms with Crippen molar-refractivity contribution in [1.82, 2.24) is 0 Å². The van der Waals surface area contributed by atoms with E-state index in [1.54, 1.807) is 48.5 Å². The summed E-state index contributed by atoms with van der Waals surface area (Å²) in [4.78, 5) is 33.7. The number of rotatable bonds is 8. The third-order valence-electron chi connectivity index (χ3n) is 3.29. The second kappa shape index (κ2) is 7.92. The van der Waals surface area contributed by atoms with Crippen LogP contribution in [0.3, 0.4) is 0 Å². The lowest BCUT2D eigenvalue weighted by atomic mass is 10.1. The molecule has 0 unspecified atom stereocenters. The van der Waals surface area contributed by atoms with Crippen molar-refractivity contribution in [1.29, 1.82) is 0 Å². The van der Waals surface area contributed by atoms with E-state index in [1.807, 2.05) is 0 Å². The Morgan fingerprint density at radius 2 is 1.71 bits per heavy atom. The maximum atomic E-state index is 12.1. The van der Waals surface area contributed by atoms with Gasteiger partial charge in [0.05, 0.1) is 7.11 Å². The fourth-order valence-electron chi connectivity index (χ4n) is 1.99. The van der Waals surface area contributed by atoms with Gasteiger partial charge in [0.2, 0.25) is 5.78 Å². The van der Waals surface area contributed by atoms with Crippen molar-refractivity contribution in [3.63, 3.8) is 0 Å². The van der Waals surface area contributed by atoms with Crippen LogP contribution in [0.4, 0.5) is 0 Å². The quantitative estimate of drug-likeness (QED) is 0.590. The summed E-state index contributed by atoms with van der Waals surface area (Å²) in [5, 5.41) is 8.57. The summed E-state index contributed by atoms with van der Waals surface area (Å²) in [5.41, 5.74) is 1.05. The maximum Gasteiger partial charge on any atom is 0.372 e. The zero-order valence-electron chi connectivity index (χ0n) is 13.0. The Bertz CT molecular complexity index is 748. The van der Waals surface area contributed by atoms with Gasteiger partial charge in [-0.3, -0.25) is 9.59 Å². The topological polar surface area (TPSA) is 89.9 Å². The first-order valence-electron chi connectivity index (χ1n) is 7.14. The number of ether oxygens (including phenoxy) is 2. The van der Waals surface area contributed by atoms with Gasteiger partial charge >= 0.3 is 5.97 Å². The molecule has 6 heteroatoms. The smallest absolute Gasteiger partial charge is 0.372 e. The number of hydrogen-bond donors (Lipinski definition) is 1. The number of carboxylic acids is 1. The van der Waals surface area contributed by atoms with E-state index in [0.717, 1.165) is 0 Å². The molecule has 0 aliphatic carbocycles. The first kappa shape index (κ1) is 17.2. The van der Waals surface area contributed by atoms with Crippen molar-refractivity contribution in [2.75, 3.05) is 13.7 Å². The molecule has 2 aromatic carbocycles. The number of Topliss-reactive ketones (excluding diaryl/α,β-unsaturated/α-hetero) is 2. The summed E-state index contributed by atoms with van der Waals surface area (Å²) in [6, 6.07) is 13.1. The summed E-state index contributed by atoms with van der Waals surface area (Å²) in [7, 11) is 1.52. The number of ketones is 2. The normalized spacial score (nSPS) is 10.0. The van der Waals surface area contributed by atoms with Crippen molar-refractivity contribution in [3.05, 3.63) is 59.7 Å². The van der Waals surface area contributed by atoms with Gasteiger partial charge < -0.3 is 14.6 Å². The number of methoxy groups -OCH3 is 1. The number of carbonyl (C=O) groups is 3. The van der Waals surface area contributed by atoms with Gasteiger partial charge in [-0.1, -0.05) is 24.3 Å². The molecule has 0 aliphatic heterocycles. The second-order valence-corrected chi connectivity index (χ2v) is 4.99. The Hall–Kier alpha value is -3.15. The van der Waals surface area contributed by atoms with Crippen LogP contribution in [-0.2, 0) is 16.0 Å². The van der Waals surface area contributed by atoms with Gasteiger partial charge in [0.1, 0.15) is 11.5 Å². The maximum absolute atomic E-state index is 12.1. The van der Waals surface area contributed by atoms with Gasteiger partial charge in [-0.05, 0) is 29.8 Å². The van der Waals surface area contributed by atoms with E-state index in [1.165, 1.54) is 7.11 Å². The molecule has 0 radical (unpaired) electrons. The molecule has 0 spiro atoms. The van der Waals surface area contributed by atoms with E-state index in [4.69, 9.17) is 14.6 Å². The second-order valence-electron chi connectivity index (χ2n) is 4.99. The minimum absolute atomic E-state index is 0.138. The van der Waals surface area contributed by atoms with Crippen LogP contribution < -0.4 is 9.47 Å². The molecule has 0 atom stereocenters. The number of aliphatic carboxylic acids is 1. The fraction of sp³-hybridized carbons (Fsp3) is 0.167. The van der Waals surface area contributed by atoms with Gasteiger partial charge in [-0.25, -0.2) is 4.79 Å². The molecule has 0 aliphatic rings.